The molecule has 0 spiro atoms. The zero-order valence-electron chi connectivity index (χ0n) is 15.0. The van der Waals surface area contributed by atoms with E-state index in [1.54, 1.807) is 0 Å². The summed E-state index contributed by atoms with van der Waals surface area (Å²) in [6.07, 6.45) is 0. The van der Waals surface area contributed by atoms with Crippen molar-refractivity contribution in [3.05, 3.63) is 76.6 Å². The van der Waals surface area contributed by atoms with Gasteiger partial charge in [0.1, 0.15) is 5.82 Å². The summed E-state index contributed by atoms with van der Waals surface area (Å²) >= 11 is 1.27. The molecular weight excluding hydrogens is 399 g/mol. The van der Waals surface area contributed by atoms with Gasteiger partial charge in [0.05, 0.1) is 16.4 Å². The van der Waals surface area contributed by atoms with Crippen molar-refractivity contribution < 1.29 is 23.6 Å². The number of non-ortho nitro benzene ring substituents is 1. The largest absolute Gasteiger partial charge is 0.455 e. The molecule has 0 saturated carbocycles. The highest BCUT2D eigenvalue weighted by Gasteiger charge is 2.14. The van der Waals surface area contributed by atoms with Gasteiger partial charge in [-0.25, -0.2) is 4.39 Å². The number of rotatable bonds is 7. The van der Waals surface area contributed by atoms with Crippen molar-refractivity contribution in [2.75, 3.05) is 17.7 Å². The van der Waals surface area contributed by atoms with Crippen LogP contribution < -0.4 is 5.32 Å². The van der Waals surface area contributed by atoms with E-state index in [1.807, 2.05) is 42.5 Å². The lowest BCUT2D eigenvalue weighted by Crippen LogP contribution is -2.22. The van der Waals surface area contributed by atoms with Crippen molar-refractivity contribution >= 4 is 45.8 Å². The highest BCUT2D eigenvalue weighted by Crippen LogP contribution is 2.24. The predicted molar refractivity (Wildman–Crippen MR) is 107 cm³/mol. The van der Waals surface area contributed by atoms with E-state index in [2.05, 4.69) is 5.32 Å². The summed E-state index contributed by atoms with van der Waals surface area (Å²) in [6.45, 7) is -0.626. The number of hydrogen-bond donors (Lipinski definition) is 1. The lowest BCUT2D eigenvalue weighted by molar-refractivity contribution is -0.384. The van der Waals surface area contributed by atoms with E-state index < -0.39 is 29.2 Å². The van der Waals surface area contributed by atoms with Gasteiger partial charge in [0, 0.05) is 17.0 Å². The van der Waals surface area contributed by atoms with Gasteiger partial charge in [0.15, 0.2) is 6.61 Å². The van der Waals surface area contributed by atoms with Crippen LogP contribution in [0.2, 0.25) is 0 Å². The number of esters is 1. The smallest absolute Gasteiger partial charge is 0.316 e. The molecule has 0 aliphatic rings. The maximum Gasteiger partial charge on any atom is 0.316 e. The maximum atomic E-state index is 13.7. The van der Waals surface area contributed by atoms with E-state index in [0.29, 0.717) is 0 Å². The van der Waals surface area contributed by atoms with Crippen molar-refractivity contribution in [1.82, 2.24) is 0 Å². The number of ether oxygens (including phenoxy) is 1. The minimum absolute atomic E-state index is 0.00318. The van der Waals surface area contributed by atoms with E-state index in [-0.39, 0.29) is 17.1 Å². The molecule has 1 N–H and O–H groups in total. The fourth-order valence-electron chi connectivity index (χ4n) is 2.50. The fourth-order valence-corrected chi connectivity index (χ4v) is 3.24. The molecule has 0 aromatic heterocycles. The van der Waals surface area contributed by atoms with Gasteiger partial charge >= 0.3 is 5.97 Å². The van der Waals surface area contributed by atoms with Crippen LogP contribution in [0.25, 0.3) is 10.8 Å². The van der Waals surface area contributed by atoms with Crippen LogP contribution >= 0.6 is 11.8 Å². The van der Waals surface area contributed by atoms with Crippen LogP contribution in [-0.4, -0.2) is 29.2 Å². The molecule has 7 nitrogen and oxygen atoms in total. The van der Waals surface area contributed by atoms with Crippen molar-refractivity contribution in [1.29, 1.82) is 0 Å². The van der Waals surface area contributed by atoms with Gasteiger partial charge in [-0.1, -0.05) is 30.3 Å². The van der Waals surface area contributed by atoms with Gasteiger partial charge in [0.25, 0.3) is 11.6 Å². The summed E-state index contributed by atoms with van der Waals surface area (Å²) < 4.78 is 18.5. The standard InChI is InChI=1S/C20H15FN2O5S/c21-17-8-6-15(23(26)27)10-18(17)22-19(24)11-28-20(25)12-29-16-7-5-13-3-1-2-4-14(13)9-16/h1-10H,11-12H2,(H,22,24). The lowest BCUT2D eigenvalue weighted by Gasteiger charge is -2.08. The summed E-state index contributed by atoms with van der Waals surface area (Å²) in [5.74, 6) is -2.25. The van der Waals surface area contributed by atoms with Crippen molar-refractivity contribution in [3.63, 3.8) is 0 Å². The highest BCUT2D eigenvalue weighted by atomic mass is 32.2. The Morgan fingerprint density at radius 3 is 2.59 bits per heavy atom. The first-order valence-electron chi connectivity index (χ1n) is 8.43. The molecule has 3 aromatic rings. The molecular formula is C20H15FN2O5S. The SMILES string of the molecule is O=C(COC(=O)CSc1ccc2ccccc2c1)Nc1cc([N+](=O)[O-])ccc1F. The number of nitro benzene ring substituents is 1. The van der Waals surface area contributed by atoms with Crippen LogP contribution in [0.15, 0.2) is 65.6 Å². The van der Waals surface area contributed by atoms with Gasteiger partial charge in [-0.15, -0.1) is 11.8 Å². The second kappa shape index (κ2) is 9.16. The van der Waals surface area contributed by atoms with Gasteiger partial charge in [-0.3, -0.25) is 19.7 Å². The number of amides is 1. The molecule has 0 unspecified atom stereocenters. The van der Waals surface area contributed by atoms with E-state index >= 15 is 0 Å². The molecule has 0 saturated heterocycles. The fraction of sp³-hybridized carbons (Fsp3) is 0.100. The summed E-state index contributed by atoms with van der Waals surface area (Å²) in [6, 6.07) is 16.4. The second-order valence-corrected chi connectivity index (χ2v) is 6.98. The normalized spacial score (nSPS) is 10.5. The topological polar surface area (TPSA) is 98.5 Å². The van der Waals surface area contributed by atoms with Crippen LogP contribution in [-0.2, 0) is 14.3 Å². The Morgan fingerprint density at radius 1 is 1.07 bits per heavy atom. The van der Waals surface area contributed by atoms with E-state index in [4.69, 9.17) is 4.74 Å². The van der Waals surface area contributed by atoms with Crippen LogP contribution in [0.4, 0.5) is 15.8 Å². The average molecular weight is 414 g/mol. The minimum Gasteiger partial charge on any atom is -0.455 e. The van der Waals surface area contributed by atoms with E-state index in [1.165, 1.54) is 11.8 Å². The van der Waals surface area contributed by atoms with Gasteiger partial charge < -0.3 is 10.1 Å². The Bertz CT molecular complexity index is 1090. The monoisotopic (exact) mass is 414 g/mol. The van der Waals surface area contributed by atoms with Gasteiger partial charge in [-0.2, -0.15) is 0 Å². The van der Waals surface area contributed by atoms with E-state index in [0.717, 1.165) is 33.9 Å². The maximum absolute atomic E-state index is 13.7. The molecule has 0 aliphatic heterocycles. The summed E-state index contributed by atoms with van der Waals surface area (Å²) in [4.78, 5) is 34.6. The zero-order valence-corrected chi connectivity index (χ0v) is 15.8. The molecule has 0 atom stereocenters. The first-order valence-corrected chi connectivity index (χ1v) is 9.42. The molecule has 0 radical (unpaired) electrons. The van der Waals surface area contributed by atoms with Crippen LogP contribution in [0.3, 0.4) is 0 Å². The molecule has 0 fully saturated rings. The predicted octanol–water partition coefficient (Wildman–Crippen LogP) is 4.16. The van der Waals surface area contributed by atoms with Crippen molar-refractivity contribution in [3.8, 4) is 0 Å². The number of nitrogens with zero attached hydrogens (tertiary/aromatic N) is 1. The minimum atomic E-state index is -0.831. The number of nitro groups is 1. The van der Waals surface area contributed by atoms with E-state index in [9.17, 15) is 24.1 Å². The Morgan fingerprint density at radius 2 is 1.83 bits per heavy atom. The van der Waals surface area contributed by atoms with Crippen LogP contribution in [0, 0.1) is 15.9 Å². The zero-order chi connectivity index (χ0) is 20.8. The number of carbonyl (C=O) groups excluding carboxylic acids is 2. The summed E-state index contributed by atoms with van der Waals surface area (Å²) in [5.41, 5.74) is -0.726. The number of nitrogens with one attached hydrogen (secondary N) is 1. The Labute approximate surface area is 169 Å². The molecule has 29 heavy (non-hydrogen) atoms. The highest BCUT2D eigenvalue weighted by molar-refractivity contribution is 8.00. The number of benzene rings is 3. The molecule has 1 amide bonds. The van der Waals surface area contributed by atoms with Crippen LogP contribution in [0.5, 0.6) is 0 Å². The van der Waals surface area contributed by atoms with Crippen molar-refractivity contribution in [2.45, 2.75) is 4.90 Å². The second-order valence-electron chi connectivity index (χ2n) is 5.93. The third-order valence-electron chi connectivity index (χ3n) is 3.88. The number of hydrogen-bond acceptors (Lipinski definition) is 6. The van der Waals surface area contributed by atoms with Gasteiger partial charge in [0.2, 0.25) is 0 Å². The molecule has 3 rings (SSSR count). The van der Waals surface area contributed by atoms with Crippen LogP contribution in [0.1, 0.15) is 0 Å². The van der Waals surface area contributed by atoms with Gasteiger partial charge in [-0.05, 0) is 29.0 Å². The molecule has 148 valence electrons. The Balaban J connectivity index is 1.49. The third-order valence-corrected chi connectivity index (χ3v) is 4.84. The summed E-state index contributed by atoms with van der Waals surface area (Å²) in [7, 11) is 0. The number of thioether (sulfide) groups is 1. The molecule has 3 aromatic carbocycles. The quantitative estimate of drug-likeness (QED) is 0.270. The molecule has 0 heterocycles. The molecule has 0 bridgehead atoms. The summed E-state index contributed by atoms with van der Waals surface area (Å²) in [5, 5.41) is 15.0. The lowest BCUT2D eigenvalue weighted by atomic mass is 10.1. The number of fused-ring (bicyclic) bond motifs is 1. The first kappa shape index (κ1) is 20.3. The van der Waals surface area contributed by atoms with Crippen molar-refractivity contribution in [2.24, 2.45) is 0 Å². The molecule has 0 aliphatic carbocycles. The number of carbonyl (C=O) groups is 2. The molecule has 9 heteroatoms. The number of anilines is 1. The Kier molecular flexibility index (Phi) is 6.40. The third kappa shape index (κ3) is 5.52. The number of halogens is 1. The average Bonchev–Trinajstić information content (AvgIpc) is 2.72. The first-order chi connectivity index (χ1) is 13.9. The Hall–Kier alpha value is -3.46.